The Morgan fingerprint density at radius 2 is 1.95 bits per heavy atom. The van der Waals surface area contributed by atoms with Gasteiger partial charge in [-0.3, -0.25) is 0 Å². The number of nitrogens with one attached hydrogen (secondary N) is 1. The van der Waals surface area contributed by atoms with Crippen LogP contribution in [0.5, 0.6) is 5.75 Å². The van der Waals surface area contributed by atoms with Crippen molar-refractivity contribution in [3.8, 4) is 5.75 Å². The minimum Gasteiger partial charge on any atom is -0.495 e. The zero-order valence-corrected chi connectivity index (χ0v) is 14.0. The number of anilines is 1. The van der Waals surface area contributed by atoms with Crippen LogP contribution >= 0.6 is 15.9 Å². The van der Waals surface area contributed by atoms with Crippen LogP contribution in [0.1, 0.15) is 29.9 Å². The highest BCUT2D eigenvalue weighted by atomic mass is 79.9. The zero-order chi connectivity index (χ0) is 14.8. The Morgan fingerprint density at radius 3 is 2.67 bits per heavy atom. The summed E-state index contributed by atoms with van der Waals surface area (Å²) < 4.78 is 6.32. The average Bonchev–Trinajstić information content (AvgIpc) is 2.44. The predicted molar refractivity (Wildman–Crippen MR) is 91.3 cm³/mol. The molecule has 0 amide bonds. The summed E-state index contributed by atoms with van der Waals surface area (Å²) in [4.78, 5) is 0. The van der Waals surface area contributed by atoms with Gasteiger partial charge >= 0.3 is 0 Å². The summed E-state index contributed by atoms with van der Waals surface area (Å²) in [5.41, 5.74) is 3.95. The van der Waals surface area contributed by atoms with Crippen molar-refractivity contribution >= 4 is 21.6 Å². The third-order valence-electron chi connectivity index (χ3n) is 4.17. The lowest BCUT2D eigenvalue weighted by molar-refractivity contribution is 0.373. The maximum atomic E-state index is 5.34. The molecule has 0 radical (unpaired) electrons. The van der Waals surface area contributed by atoms with Gasteiger partial charge in [0.05, 0.1) is 11.6 Å². The maximum absolute atomic E-state index is 5.34. The second-order valence-corrected chi connectivity index (χ2v) is 6.63. The van der Waals surface area contributed by atoms with Gasteiger partial charge in [-0.1, -0.05) is 29.8 Å². The van der Waals surface area contributed by atoms with Gasteiger partial charge in [0.25, 0.3) is 0 Å². The summed E-state index contributed by atoms with van der Waals surface area (Å²) in [7, 11) is 1.70. The van der Waals surface area contributed by atoms with Crippen LogP contribution in [0.25, 0.3) is 0 Å². The monoisotopic (exact) mass is 345 g/mol. The van der Waals surface area contributed by atoms with Gasteiger partial charge in [-0.15, -0.1) is 0 Å². The van der Waals surface area contributed by atoms with Crippen LogP contribution in [-0.2, 0) is 0 Å². The topological polar surface area (TPSA) is 21.3 Å². The molecule has 0 atom stereocenters. The van der Waals surface area contributed by atoms with Crippen molar-refractivity contribution in [3.63, 3.8) is 0 Å². The van der Waals surface area contributed by atoms with Gasteiger partial charge in [-0.05, 0) is 59.3 Å². The van der Waals surface area contributed by atoms with E-state index in [0.717, 1.165) is 15.9 Å². The number of halogens is 1. The fourth-order valence-corrected chi connectivity index (χ4v) is 3.33. The van der Waals surface area contributed by atoms with E-state index in [-0.39, 0.29) is 0 Å². The standard InChI is InChI=1S/C18H20BrNO/c1-12-4-3-5-13(8-12)14-9-16(10-14)20-15-6-7-17(19)18(11-15)21-2/h3-8,11,14,16,20H,9-10H2,1-2H3. The smallest absolute Gasteiger partial charge is 0.135 e. The summed E-state index contributed by atoms with van der Waals surface area (Å²) in [5, 5.41) is 3.59. The third kappa shape index (κ3) is 3.24. The molecule has 0 saturated heterocycles. The van der Waals surface area contributed by atoms with E-state index in [1.54, 1.807) is 7.11 Å². The number of hydrogen-bond acceptors (Lipinski definition) is 2. The first-order valence-corrected chi connectivity index (χ1v) is 8.11. The van der Waals surface area contributed by atoms with Gasteiger partial charge in [-0.2, -0.15) is 0 Å². The molecule has 1 aliphatic rings. The summed E-state index contributed by atoms with van der Waals surface area (Å²) in [6.07, 6.45) is 2.39. The first kappa shape index (κ1) is 14.5. The van der Waals surface area contributed by atoms with Gasteiger partial charge in [0.15, 0.2) is 0 Å². The van der Waals surface area contributed by atoms with E-state index in [2.05, 4.69) is 58.5 Å². The second-order valence-electron chi connectivity index (χ2n) is 5.77. The van der Waals surface area contributed by atoms with Crippen molar-refractivity contribution in [2.45, 2.75) is 31.7 Å². The lowest BCUT2D eigenvalue weighted by atomic mass is 9.75. The number of methoxy groups -OCH3 is 1. The molecule has 1 saturated carbocycles. The van der Waals surface area contributed by atoms with E-state index < -0.39 is 0 Å². The molecule has 1 N–H and O–H groups in total. The SMILES string of the molecule is COc1cc(NC2CC(c3cccc(C)c3)C2)ccc1Br. The second kappa shape index (κ2) is 6.10. The minimum atomic E-state index is 0.557. The Morgan fingerprint density at radius 1 is 1.14 bits per heavy atom. The van der Waals surface area contributed by atoms with Crippen LogP contribution < -0.4 is 10.1 Å². The Balaban J connectivity index is 1.60. The maximum Gasteiger partial charge on any atom is 0.135 e. The fourth-order valence-electron chi connectivity index (χ4n) is 2.92. The van der Waals surface area contributed by atoms with E-state index in [9.17, 15) is 0 Å². The van der Waals surface area contributed by atoms with Crippen LogP contribution in [0.2, 0.25) is 0 Å². The highest BCUT2D eigenvalue weighted by Gasteiger charge is 2.30. The van der Waals surface area contributed by atoms with Crippen LogP contribution in [0.4, 0.5) is 5.69 Å². The van der Waals surface area contributed by atoms with Gasteiger partial charge in [0.1, 0.15) is 5.75 Å². The first-order chi connectivity index (χ1) is 10.2. The van der Waals surface area contributed by atoms with Crippen molar-refractivity contribution in [2.75, 3.05) is 12.4 Å². The minimum absolute atomic E-state index is 0.557. The molecule has 2 aromatic carbocycles. The van der Waals surface area contributed by atoms with Gasteiger partial charge in [0.2, 0.25) is 0 Å². The summed E-state index contributed by atoms with van der Waals surface area (Å²) >= 11 is 3.48. The Kier molecular flexibility index (Phi) is 4.20. The number of benzene rings is 2. The van der Waals surface area contributed by atoms with Crippen LogP contribution in [0.15, 0.2) is 46.9 Å². The highest BCUT2D eigenvalue weighted by Crippen LogP contribution is 2.39. The number of aryl methyl sites for hydroxylation is 1. The molecule has 3 rings (SSSR count). The summed E-state index contributed by atoms with van der Waals surface area (Å²) in [6.45, 7) is 2.16. The molecule has 3 heteroatoms. The van der Waals surface area contributed by atoms with Crippen molar-refractivity contribution in [2.24, 2.45) is 0 Å². The van der Waals surface area contributed by atoms with Crippen LogP contribution in [0.3, 0.4) is 0 Å². The van der Waals surface area contributed by atoms with E-state index in [1.165, 1.54) is 24.0 Å². The largest absolute Gasteiger partial charge is 0.495 e. The molecule has 2 nitrogen and oxygen atoms in total. The normalized spacial score (nSPS) is 20.7. The molecule has 2 aromatic rings. The number of hydrogen-bond donors (Lipinski definition) is 1. The van der Waals surface area contributed by atoms with Gasteiger partial charge in [-0.25, -0.2) is 0 Å². The van der Waals surface area contributed by atoms with Crippen molar-refractivity contribution < 1.29 is 4.74 Å². The average molecular weight is 346 g/mol. The van der Waals surface area contributed by atoms with E-state index in [4.69, 9.17) is 4.74 Å². The van der Waals surface area contributed by atoms with Crippen LogP contribution in [-0.4, -0.2) is 13.2 Å². The number of rotatable bonds is 4. The molecule has 0 aliphatic heterocycles. The lowest BCUT2D eigenvalue weighted by Crippen LogP contribution is -2.34. The molecule has 0 bridgehead atoms. The predicted octanol–water partition coefficient (Wildman–Crippen LogP) is 5.12. The molecule has 0 spiro atoms. The van der Waals surface area contributed by atoms with E-state index >= 15 is 0 Å². The first-order valence-electron chi connectivity index (χ1n) is 7.32. The molecule has 0 unspecified atom stereocenters. The van der Waals surface area contributed by atoms with Crippen molar-refractivity contribution in [1.82, 2.24) is 0 Å². The quantitative estimate of drug-likeness (QED) is 0.829. The molecule has 21 heavy (non-hydrogen) atoms. The number of ether oxygens (including phenoxy) is 1. The molecule has 1 aliphatic carbocycles. The molecule has 1 fully saturated rings. The van der Waals surface area contributed by atoms with Crippen molar-refractivity contribution in [3.05, 3.63) is 58.1 Å². The lowest BCUT2D eigenvalue weighted by Gasteiger charge is -2.37. The Hall–Kier alpha value is -1.48. The molecule has 0 heterocycles. The third-order valence-corrected chi connectivity index (χ3v) is 4.83. The molecular formula is C18H20BrNO. The van der Waals surface area contributed by atoms with Gasteiger partial charge in [0, 0.05) is 17.8 Å². The van der Waals surface area contributed by atoms with Crippen molar-refractivity contribution in [1.29, 1.82) is 0 Å². The van der Waals surface area contributed by atoms with Crippen LogP contribution in [0, 0.1) is 6.92 Å². The fraction of sp³-hybridized carbons (Fsp3) is 0.333. The van der Waals surface area contributed by atoms with E-state index in [0.29, 0.717) is 12.0 Å². The molecular weight excluding hydrogens is 326 g/mol. The molecule has 0 aromatic heterocycles. The highest BCUT2D eigenvalue weighted by molar-refractivity contribution is 9.10. The summed E-state index contributed by atoms with van der Waals surface area (Å²) in [6, 6.07) is 15.6. The molecule has 110 valence electrons. The van der Waals surface area contributed by atoms with E-state index in [1.807, 2.05) is 12.1 Å². The zero-order valence-electron chi connectivity index (χ0n) is 12.4. The van der Waals surface area contributed by atoms with Gasteiger partial charge < -0.3 is 10.1 Å². The Bertz CT molecular complexity index is 635. The Labute approximate surface area is 134 Å². The summed E-state index contributed by atoms with van der Waals surface area (Å²) in [5.74, 6) is 1.56.